The summed E-state index contributed by atoms with van der Waals surface area (Å²) in [6.07, 6.45) is 1.48. The zero-order valence-corrected chi connectivity index (χ0v) is 19.3. The first-order valence-electron chi connectivity index (χ1n) is 10.4. The van der Waals surface area contributed by atoms with Gasteiger partial charge in [-0.15, -0.1) is 11.3 Å². The highest BCUT2D eigenvalue weighted by Gasteiger charge is 2.17. The molecule has 1 heterocycles. The van der Waals surface area contributed by atoms with Crippen molar-refractivity contribution in [3.63, 3.8) is 0 Å². The van der Waals surface area contributed by atoms with Crippen molar-refractivity contribution in [3.8, 4) is 5.75 Å². The third kappa shape index (κ3) is 4.29. The van der Waals surface area contributed by atoms with Crippen LogP contribution in [0.25, 0.3) is 20.9 Å². The molecule has 0 aliphatic heterocycles. The summed E-state index contributed by atoms with van der Waals surface area (Å²) in [5, 5.41) is 7.16. The predicted octanol–water partition coefficient (Wildman–Crippen LogP) is 6.69. The first kappa shape index (κ1) is 21.8. The molecule has 0 spiro atoms. The average Bonchev–Trinajstić information content (AvgIpc) is 3.22. The van der Waals surface area contributed by atoms with Crippen molar-refractivity contribution in [1.29, 1.82) is 0 Å². The van der Waals surface area contributed by atoms with Gasteiger partial charge >= 0.3 is 5.97 Å². The quantitative estimate of drug-likeness (QED) is 0.131. The Balaban J connectivity index is 1.44. The Kier molecular flexibility index (Phi) is 6.08. The minimum Gasteiger partial charge on any atom is -0.422 e. The number of thiophene rings is 1. The molecule has 0 radical (unpaired) electrons. The van der Waals surface area contributed by atoms with Crippen molar-refractivity contribution in [2.45, 2.75) is 0 Å². The fourth-order valence-corrected chi connectivity index (χ4v) is 5.00. The molecule has 1 aromatic heterocycles. The van der Waals surface area contributed by atoms with E-state index in [1.165, 1.54) is 17.6 Å². The summed E-state index contributed by atoms with van der Waals surface area (Å²) in [6, 6.07) is 27.6. The van der Waals surface area contributed by atoms with Gasteiger partial charge in [0, 0.05) is 15.6 Å². The molecule has 5 nitrogen and oxygen atoms in total. The second kappa shape index (κ2) is 9.47. The van der Waals surface area contributed by atoms with E-state index >= 15 is 0 Å². The zero-order chi connectivity index (χ0) is 23.5. The van der Waals surface area contributed by atoms with Crippen LogP contribution in [0.5, 0.6) is 5.75 Å². The van der Waals surface area contributed by atoms with Crippen molar-refractivity contribution in [1.82, 2.24) is 5.43 Å². The van der Waals surface area contributed by atoms with Crippen molar-refractivity contribution in [2.24, 2.45) is 5.10 Å². The Morgan fingerprint density at radius 2 is 1.56 bits per heavy atom. The maximum Gasteiger partial charge on any atom is 0.343 e. The molecule has 4 aromatic carbocycles. The summed E-state index contributed by atoms with van der Waals surface area (Å²) in [4.78, 5) is 25.8. The first-order chi connectivity index (χ1) is 16.6. The highest BCUT2D eigenvalue weighted by Crippen LogP contribution is 2.35. The summed E-state index contributed by atoms with van der Waals surface area (Å²) in [6.45, 7) is 0. The number of hydrogen-bond donors (Lipinski definition) is 1. The van der Waals surface area contributed by atoms with E-state index in [2.05, 4.69) is 10.5 Å². The number of nitrogens with zero attached hydrogens (tertiary/aromatic N) is 1. The van der Waals surface area contributed by atoms with Gasteiger partial charge < -0.3 is 4.74 Å². The molecule has 34 heavy (non-hydrogen) atoms. The lowest BCUT2D eigenvalue weighted by Crippen LogP contribution is -2.17. The minimum absolute atomic E-state index is 0.338. The molecule has 7 heteroatoms. The smallest absolute Gasteiger partial charge is 0.343 e. The van der Waals surface area contributed by atoms with Crippen LogP contribution in [0.3, 0.4) is 0 Å². The number of rotatable bonds is 5. The SMILES string of the molecule is O=C(Oc1ccc2ccccc2c1/C=N\NC(=O)c1sc2ccccc2c1Cl)c1ccccc1. The van der Waals surface area contributed by atoms with Crippen molar-refractivity contribution in [2.75, 3.05) is 0 Å². The number of benzene rings is 4. The number of hydrogen-bond acceptors (Lipinski definition) is 5. The van der Waals surface area contributed by atoms with Gasteiger partial charge in [0.25, 0.3) is 5.91 Å². The lowest BCUT2D eigenvalue weighted by Gasteiger charge is -2.10. The Morgan fingerprint density at radius 3 is 2.35 bits per heavy atom. The highest BCUT2D eigenvalue weighted by atomic mass is 35.5. The van der Waals surface area contributed by atoms with Gasteiger partial charge in [-0.25, -0.2) is 10.2 Å². The van der Waals surface area contributed by atoms with Crippen LogP contribution in [-0.2, 0) is 0 Å². The molecule has 5 rings (SSSR count). The fourth-order valence-electron chi connectivity index (χ4n) is 3.60. The second-order valence-electron chi connectivity index (χ2n) is 7.39. The monoisotopic (exact) mass is 484 g/mol. The topological polar surface area (TPSA) is 67.8 Å². The summed E-state index contributed by atoms with van der Waals surface area (Å²) >= 11 is 7.71. The number of ether oxygens (including phenoxy) is 1. The van der Waals surface area contributed by atoms with Gasteiger partial charge in [0.05, 0.1) is 16.8 Å². The van der Waals surface area contributed by atoms with E-state index in [4.69, 9.17) is 16.3 Å². The first-order valence-corrected chi connectivity index (χ1v) is 11.6. The highest BCUT2D eigenvalue weighted by molar-refractivity contribution is 7.21. The molecule has 5 aromatic rings. The number of esters is 1. The molecule has 1 N–H and O–H groups in total. The second-order valence-corrected chi connectivity index (χ2v) is 8.82. The Morgan fingerprint density at radius 1 is 0.853 bits per heavy atom. The van der Waals surface area contributed by atoms with E-state index in [-0.39, 0.29) is 0 Å². The van der Waals surface area contributed by atoms with Crippen LogP contribution >= 0.6 is 22.9 Å². The van der Waals surface area contributed by atoms with Crippen LogP contribution in [-0.4, -0.2) is 18.1 Å². The van der Waals surface area contributed by atoms with E-state index in [0.717, 1.165) is 20.9 Å². The molecule has 0 unspecified atom stereocenters. The van der Waals surface area contributed by atoms with Crippen LogP contribution in [0.15, 0.2) is 96.1 Å². The van der Waals surface area contributed by atoms with Crippen molar-refractivity contribution < 1.29 is 14.3 Å². The number of nitrogens with one attached hydrogen (secondary N) is 1. The lowest BCUT2D eigenvalue weighted by molar-refractivity contribution is 0.0734. The normalized spacial score (nSPS) is 11.2. The number of carbonyl (C=O) groups excluding carboxylic acids is 2. The van der Waals surface area contributed by atoms with Crippen molar-refractivity contribution in [3.05, 3.63) is 112 Å². The van der Waals surface area contributed by atoms with E-state index in [1.807, 2.05) is 60.7 Å². The van der Waals surface area contributed by atoms with Gasteiger partial charge in [0.1, 0.15) is 10.6 Å². The molecule has 0 saturated heterocycles. The zero-order valence-electron chi connectivity index (χ0n) is 17.7. The summed E-state index contributed by atoms with van der Waals surface area (Å²) in [5.41, 5.74) is 3.55. The van der Waals surface area contributed by atoms with Gasteiger partial charge in [-0.3, -0.25) is 4.79 Å². The summed E-state index contributed by atoms with van der Waals surface area (Å²) in [7, 11) is 0. The number of hydrazone groups is 1. The number of halogens is 1. The standard InChI is InChI=1S/C27H17ClN2O3S/c28-24-20-12-6-7-13-23(20)34-25(24)26(31)30-29-16-21-19-11-5-4-8-17(19)14-15-22(21)33-27(32)18-9-2-1-3-10-18/h1-16H,(H,30,31)/b29-16-. The third-order valence-corrected chi connectivity index (χ3v) is 6.92. The van der Waals surface area contributed by atoms with Gasteiger partial charge in [0.2, 0.25) is 0 Å². The maximum absolute atomic E-state index is 12.8. The van der Waals surface area contributed by atoms with Crippen LogP contribution in [0.4, 0.5) is 0 Å². The molecule has 0 bridgehead atoms. The Bertz CT molecular complexity index is 1560. The Hall–Kier alpha value is -4.00. The van der Waals surface area contributed by atoms with Gasteiger partial charge in [-0.1, -0.05) is 78.3 Å². The molecule has 166 valence electrons. The predicted molar refractivity (Wildman–Crippen MR) is 137 cm³/mol. The van der Waals surface area contributed by atoms with Gasteiger partial charge in [-0.05, 0) is 35.0 Å². The summed E-state index contributed by atoms with van der Waals surface area (Å²) in [5.74, 6) is -0.553. The number of fused-ring (bicyclic) bond motifs is 2. The Labute approximate surface area is 204 Å². The van der Waals surface area contributed by atoms with Crippen LogP contribution in [0.1, 0.15) is 25.6 Å². The van der Waals surface area contributed by atoms with Crippen LogP contribution in [0, 0.1) is 0 Å². The van der Waals surface area contributed by atoms with Crippen LogP contribution < -0.4 is 10.2 Å². The number of amides is 1. The van der Waals surface area contributed by atoms with E-state index < -0.39 is 11.9 Å². The van der Waals surface area contributed by atoms with Crippen LogP contribution in [0.2, 0.25) is 5.02 Å². The third-order valence-electron chi connectivity index (χ3n) is 5.24. The molecule has 0 aliphatic carbocycles. The maximum atomic E-state index is 12.8. The molecule has 0 fully saturated rings. The van der Waals surface area contributed by atoms with Gasteiger partial charge in [0.15, 0.2) is 0 Å². The van der Waals surface area contributed by atoms with E-state index in [1.54, 1.807) is 30.3 Å². The van der Waals surface area contributed by atoms with E-state index in [9.17, 15) is 9.59 Å². The summed E-state index contributed by atoms with van der Waals surface area (Å²) < 4.78 is 6.60. The average molecular weight is 485 g/mol. The molecule has 0 aliphatic rings. The molecule has 0 saturated carbocycles. The van der Waals surface area contributed by atoms with E-state index in [0.29, 0.717) is 26.8 Å². The largest absolute Gasteiger partial charge is 0.422 e. The van der Waals surface area contributed by atoms with Gasteiger partial charge in [-0.2, -0.15) is 5.10 Å². The lowest BCUT2D eigenvalue weighted by atomic mass is 10.0. The van der Waals surface area contributed by atoms with Crippen molar-refractivity contribution >= 4 is 61.9 Å². The number of carbonyl (C=O) groups is 2. The molecular weight excluding hydrogens is 468 g/mol. The molecule has 1 amide bonds. The molecule has 0 atom stereocenters. The molecular formula is C27H17ClN2O3S. The fraction of sp³-hybridized carbons (Fsp3) is 0. The minimum atomic E-state index is -0.480.